The van der Waals surface area contributed by atoms with Gasteiger partial charge < -0.3 is 9.73 Å². The number of oxazole rings is 1. The average Bonchev–Trinajstić information content (AvgIpc) is 3.41. The minimum absolute atomic E-state index is 0.240. The first-order valence-electron chi connectivity index (χ1n) is 8.90. The van der Waals surface area contributed by atoms with Crippen LogP contribution < -0.4 is 5.32 Å². The predicted octanol–water partition coefficient (Wildman–Crippen LogP) is 4.50. The summed E-state index contributed by atoms with van der Waals surface area (Å²) < 4.78 is 5.40. The third-order valence-corrected chi connectivity index (χ3v) is 5.25. The van der Waals surface area contributed by atoms with Gasteiger partial charge in [0.25, 0.3) is 0 Å². The van der Waals surface area contributed by atoms with Crippen molar-refractivity contribution in [3.05, 3.63) is 65.2 Å². The third kappa shape index (κ3) is 2.56. The number of benzene rings is 2. The monoisotopic (exact) mass is 355 g/mol. The number of H-pyrrole nitrogens is 1. The molecular formula is C21H17N5O. The molecule has 1 unspecified atom stereocenters. The number of aromatic amines is 1. The van der Waals surface area contributed by atoms with Gasteiger partial charge in [0.1, 0.15) is 5.69 Å². The van der Waals surface area contributed by atoms with Crippen LogP contribution in [0.2, 0.25) is 0 Å². The molecule has 0 radical (unpaired) electrons. The number of rotatable bonds is 3. The van der Waals surface area contributed by atoms with Crippen molar-refractivity contribution in [2.75, 3.05) is 5.32 Å². The zero-order valence-corrected chi connectivity index (χ0v) is 14.8. The van der Waals surface area contributed by atoms with E-state index in [0.29, 0.717) is 5.76 Å². The van der Waals surface area contributed by atoms with Gasteiger partial charge in [-0.05, 0) is 60.7 Å². The molecule has 0 saturated heterocycles. The van der Waals surface area contributed by atoms with E-state index < -0.39 is 0 Å². The maximum absolute atomic E-state index is 9.25. The Kier molecular flexibility index (Phi) is 3.47. The lowest BCUT2D eigenvalue weighted by Crippen LogP contribution is -2.07. The number of hydrogen-bond acceptors (Lipinski definition) is 5. The van der Waals surface area contributed by atoms with Gasteiger partial charge in [-0.25, -0.2) is 4.98 Å². The van der Waals surface area contributed by atoms with Crippen LogP contribution in [0.4, 0.5) is 5.69 Å². The maximum atomic E-state index is 9.25. The number of anilines is 1. The summed E-state index contributed by atoms with van der Waals surface area (Å²) in [7, 11) is 0. The summed E-state index contributed by atoms with van der Waals surface area (Å²) in [5.41, 5.74) is 7.09. The van der Waals surface area contributed by atoms with Gasteiger partial charge in [-0.1, -0.05) is 6.07 Å². The van der Waals surface area contributed by atoms with E-state index in [2.05, 4.69) is 44.8 Å². The minimum atomic E-state index is 0.240. The molecule has 132 valence electrons. The van der Waals surface area contributed by atoms with Gasteiger partial charge in [0.05, 0.1) is 29.4 Å². The molecule has 6 nitrogen and oxygen atoms in total. The lowest BCUT2D eigenvalue weighted by molar-refractivity contribution is 0.570. The van der Waals surface area contributed by atoms with Gasteiger partial charge in [0.2, 0.25) is 0 Å². The normalized spacial score (nSPS) is 15.6. The Morgan fingerprint density at radius 3 is 3.04 bits per heavy atom. The van der Waals surface area contributed by atoms with Crippen LogP contribution in [0, 0.1) is 18.3 Å². The molecule has 0 fully saturated rings. The maximum Gasteiger partial charge on any atom is 0.181 e. The van der Waals surface area contributed by atoms with Crippen LogP contribution in [0.15, 0.2) is 47.3 Å². The van der Waals surface area contributed by atoms with Crippen molar-refractivity contribution in [3.8, 4) is 17.5 Å². The van der Waals surface area contributed by atoms with E-state index in [-0.39, 0.29) is 6.04 Å². The summed E-state index contributed by atoms with van der Waals surface area (Å²) in [6.45, 7) is 2.00. The Morgan fingerprint density at radius 2 is 2.22 bits per heavy atom. The highest BCUT2D eigenvalue weighted by atomic mass is 16.3. The number of fused-ring (bicyclic) bond motifs is 2. The molecule has 0 aliphatic heterocycles. The van der Waals surface area contributed by atoms with E-state index in [1.54, 1.807) is 6.20 Å². The molecule has 6 heteroatoms. The molecule has 1 aliphatic rings. The zero-order chi connectivity index (χ0) is 18.4. The van der Waals surface area contributed by atoms with Crippen LogP contribution in [0.25, 0.3) is 22.4 Å². The summed E-state index contributed by atoms with van der Waals surface area (Å²) in [5.74, 6) is 0.643. The van der Waals surface area contributed by atoms with Crippen LogP contribution >= 0.6 is 0 Å². The Bertz CT molecular complexity index is 1180. The first-order chi connectivity index (χ1) is 13.2. The smallest absolute Gasteiger partial charge is 0.181 e. The number of nitrogens with one attached hydrogen (secondary N) is 2. The van der Waals surface area contributed by atoms with Crippen LogP contribution in [0.3, 0.4) is 0 Å². The van der Waals surface area contributed by atoms with Crippen LogP contribution in [-0.2, 0) is 6.42 Å². The lowest BCUT2D eigenvalue weighted by atomic mass is 10.00. The molecule has 1 atom stereocenters. The average molecular weight is 355 g/mol. The van der Waals surface area contributed by atoms with E-state index in [4.69, 9.17) is 4.42 Å². The van der Waals surface area contributed by atoms with E-state index in [9.17, 15) is 5.26 Å². The summed E-state index contributed by atoms with van der Waals surface area (Å²) in [4.78, 5) is 3.98. The molecule has 1 aliphatic carbocycles. The molecule has 0 saturated carbocycles. The third-order valence-electron chi connectivity index (χ3n) is 5.25. The van der Waals surface area contributed by atoms with Crippen LogP contribution in [-0.4, -0.2) is 15.2 Å². The van der Waals surface area contributed by atoms with Crippen molar-refractivity contribution < 1.29 is 4.42 Å². The molecule has 2 aromatic carbocycles. The summed E-state index contributed by atoms with van der Waals surface area (Å²) >= 11 is 0. The largest absolute Gasteiger partial charge is 0.442 e. The second-order valence-corrected chi connectivity index (χ2v) is 6.91. The zero-order valence-electron chi connectivity index (χ0n) is 14.8. The molecule has 2 aromatic heterocycles. The number of aromatic nitrogens is 3. The van der Waals surface area contributed by atoms with E-state index in [1.165, 1.54) is 17.5 Å². The molecule has 0 amide bonds. The van der Waals surface area contributed by atoms with Crippen molar-refractivity contribution >= 4 is 16.6 Å². The van der Waals surface area contributed by atoms with Gasteiger partial charge in [0.15, 0.2) is 12.2 Å². The van der Waals surface area contributed by atoms with Crippen molar-refractivity contribution in [2.24, 2.45) is 0 Å². The first kappa shape index (κ1) is 15.6. The summed E-state index contributed by atoms with van der Waals surface area (Å²) in [6, 6.07) is 12.9. The fourth-order valence-corrected chi connectivity index (χ4v) is 3.87. The van der Waals surface area contributed by atoms with Crippen molar-refractivity contribution in [2.45, 2.75) is 25.8 Å². The fraction of sp³-hybridized carbons (Fsp3) is 0.190. The van der Waals surface area contributed by atoms with Gasteiger partial charge in [-0.2, -0.15) is 10.4 Å². The molecule has 0 spiro atoms. The quantitative estimate of drug-likeness (QED) is 0.565. The molecule has 2 heterocycles. The first-order valence-corrected chi connectivity index (χ1v) is 8.90. The van der Waals surface area contributed by atoms with E-state index in [1.807, 2.05) is 19.1 Å². The van der Waals surface area contributed by atoms with E-state index in [0.717, 1.165) is 46.3 Å². The standard InChI is InChI=1S/C21H17N5O/c1-12-6-16-13(7-14(12)9-22)2-4-18(16)24-15-3-5-19-17(8-15)21(26-25-19)20-10-23-11-27-20/h3,5-8,10-11,18,24H,2,4H2,1H3,(H,25,26). The number of aryl methyl sites for hydroxylation is 2. The number of nitrogens with zero attached hydrogens (tertiary/aromatic N) is 3. The van der Waals surface area contributed by atoms with Gasteiger partial charge in [-0.15, -0.1) is 0 Å². The highest BCUT2D eigenvalue weighted by Crippen LogP contribution is 2.36. The lowest BCUT2D eigenvalue weighted by Gasteiger charge is -2.16. The topological polar surface area (TPSA) is 90.5 Å². The van der Waals surface area contributed by atoms with Crippen LogP contribution in [0.5, 0.6) is 0 Å². The second kappa shape index (κ2) is 5.99. The molecular weight excluding hydrogens is 338 g/mol. The highest BCUT2D eigenvalue weighted by Gasteiger charge is 2.24. The number of nitriles is 1. The van der Waals surface area contributed by atoms with Crippen molar-refractivity contribution in [1.29, 1.82) is 5.26 Å². The number of hydrogen-bond donors (Lipinski definition) is 2. The predicted molar refractivity (Wildman–Crippen MR) is 102 cm³/mol. The molecule has 0 bridgehead atoms. The van der Waals surface area contributed by atoms with Gasteiger partial charge >= 0.3 is 0 Å². The van der Waals surface area contributed by atoms with Gasteiger partial charge in [-0.3, -0.25) is 5.10 Å². The Hall–Kier alpha value is -3.59. The molecule has 4 aromatic rings. The van der Waals surface area contributed by atoms with Crippen molar-refractivity contribution in [1.82, 2.24) is 15.2 Å². The summed E-state index contributed by atoms with van der Waals surface area (Å²) in [5, 5.41) is 21.3. The molecule has 27 heavy (non-hydrogen) atoms. The van der Waals surface area contributed by atoms with E-state index >= 15 is 0 Å². The highest BCUT2D eigenvalue weighted by molar-refractivity contribution is 5.93. The SMILES string of the molecule is Cc1cc2c(cc1C#N)CCC2Nc1ccc2[nH]nc(-c3cnco3)c2c1. The molecule has 5 rings (SSSR count). The van der Waals surface area contributed by atoms with Gasteiger partial charge in [0, 0.05) is 11.1 Å². The Morgan fingerprint density at radius 1 is 1.30 bits per heavy atom. The fourth-order valence-electron chi connectivity index (χ4n) is 3.87. The minimum Gasteiger partial charge on any atom is -0.442 e. The summed E-state index contributed by atoms with van der Waals surface area (Å²) in [6.07, 6.45) is 5.07. The van der Waals surface area contributed by atoms with Crippen molar-refractivity contribution in [3.63, 3.8) is 0 Å². The molecule has 2 N–H and O–H groups in total. The Labute approximate surface area is 155 Å². The Balaban J connectivity index is 1.49. The second-order valence-electron chi connectivity index (χ2n) is 6.91. The van der Waals surface area contributed by atoms with Crippen LogP contribution in [0.1, 0.15) is 34.7 Å².